The lowest BCUT2D eigenvalue weighted by molar-refractivity contribution is 0.765. The molecular formula is C16H17N. The summed E-state index contributed by atoms with van der Waals surface area (Å²) < 4.78 is 0. The van der Waals surface area contributed by atoms with Crippen LogP contribution in [0.3, 0.4) is 0 Å². The number of hydrogen-bond acceptors (Lipinski definition) is 1. The van der Waals surface area contributed by atoms with Crippen LogP contribution in [0.1, 0.15) is 22.3 Å². The predicted molar refractivity (Wildman–Crippen MR) is 71.9 cm³/mol. The Hall–Kier alpha value is -1.60. The van der Waals surface area contributed by atoms with Crippen LogP contribution in [0.25, 0.3) is 11.1 Å². The molecule has 1 nitrogen and oxygen atoms in total. The zero-order chi connectivity index (χ0) is 11.8. The molecule has 1 aliphatic rings. The normalized spacial score (nSPS) is 13.8. The molecule has 0 radical (unpaired) electrons. The van der Waals surface area contributed by atoms with Crippen molar-refractivity contribution in [3.05, 3.63) is 58.7 Å². The van der Waals surface area contributed by atoms with E-state index in [1.165, 1.54) is 33.4 Å². The van der Waals surface area contributed by atoms with Crippen molar-refractivity contribution in [1.82, 2.24) is 5.32 Å². The molecule has 1 heterocycles. The Morgan fingerprint density at radius 2 is 1.76 bits per heavy atom. The van der Waals surface area contributed by atoms with E-state index in [1.807, 2.05) is 0 Å². The van der Waals surface area contributed by atoms with Gasteiger partial charge < -0.3 is 5.32 Å². The maximum atomic E-state index is 3.39. The molecule has 2 aromatic carbocycles. The molecule has 86 valence electrons. The quantitative estimate of drug-likeness (QED) is 0.779. The number of aryl methyl sites for hydroxylation is 1. The van der Waals surface area contributed by atoms with Gasteiger partial charge >= 0.3 is 0 Å². The molecule has 3 rings (SSSR count). The van der Waals surface area contributed by atoms with Crippen LogP contribution in [0.2, 0.25) is 0 Å². The standard InChI is InChI=1S/C16H17N/c1-11-4-3-5-16(12(11)2)13-6-7-14-9-17-10-15(14)8-13/h3-8,17H,9-10H2,1-2H3. The number of benzene rings is 2. The predicted octanol–water partition coefficient (Wildman–Crippen LogP) is 3.57. The van der Waals surface area contributed by atoms with E-state index in [0.29, 0.717) is 0 Å². The van der Waals surface area contributed by atoms with Crippen molar-refractivity contribution in [1.29, 1.82) is 0 Å². The topological polar surface area (TPSA) is 12.0 Å². The smallest absolute Gasteiger partial charge is 0.0212 e. The third-order valence-corrected chi connectivity index (χ3v) is 3.75. The second kappa shape index (κ2) is 4.01. The average Bonchev–Trinajstić information content (AvgIpc) is 2.79. The van der Waals surface area contributed by atoms with Crippen molar-refractivity contribution in [2.24, 2.45) is 0 Å². The molecule has 1 heteroatoms. The molecular weight excluding hydrogens is 206 g/mol. The lowest BCUT2D eigenvalue weighted by Gasteiger charge is -2.10. The summed E-state index contributed by atoms with van der Waals surface area (Å²) in [6, 6.07) is 13.4. The Labute approximate surface area is 102 Å². The van der Waals surface area contributed by atoms with Crippen LogP contribution in [0.15, 0.2) is 36.4 Å². The SMILES string of the molecule is Cc1cccc(-c2ccc3c(c2)CNC3)c1C. The third-order valence-electron chi connectivity index (χ3n) is 3.75. The zero-order valence-electron chi connectivity index (χ0n) is 10.4. The molecule has 0 aromatic heterocycles. The fraction of sp³-hybridized carbons (Fsp3) is 0.250. The highest BCUT2D eigenvalue weighted by atomic mass is 14.9. The van der Waals surface area contributed by atoms with Crippen LogP contribution < -0.4 is 5.32 Å². The minimum absolute atomic E-state index is 1.01. The van der Waals surface area contributed by atoms with Gasteiger partial charge in [-0.15, -0.1) is 0 Å². The Kier molecular flexibility index (Phi) is 2.49. The van der Waals surface area contributed by atoms with Gasteiger partial charge in [0, 0.05) is 13.1 Å². The van der Waals surface area contributed by atoms with Crippen molar-refractivity contribution >= 4 is 0 Å². The van der Waals surface area contributed by atoms with Gasteiger partial charge in [-0.1, -0.05) is 30.3 Å². The van der Waals surface area contributed by atoms with Crippen LogP contribution in [-0.4, -0.2) is 0 Å². The van der Waals surface area contributed by atoms with Gasteiger partial charge in [-0.3, -0.25) is 0 Å². The van der Waals surface area contributed by atoms with Crippen molar-refractivity contribution < 1.29 is 0 Å². The lowest BCUT2D eigenvalue weighted by Crippen LogP contribution is -1.99. The summed E-state index contributed by atoms with van der Waals surface area (Å²) in [6.45, 7) is 6.40. The maximum Gasteiger partial charge on any atom is 0.0212 e. The van der Waals surface area contributed by atoms with Crippen molar-refractivity contribution in [2.75, 3.05) is 0 Å². The van der Waals surface area contributed by atoms with E-state index in [1.54, 1.807) is 0 Å². The first-order valence-electron chi connectivity index (χ1n) is 6.15. The van der Waals surface area contributed by atoms with Gasteiger partial charge in [0.1, 0.15) is 0 Å². The second-order valence-electron chi connectivity index (χ2n) is 4.83. The monoisotopic (exact) mass is 223 g/mol. The van der Waals surface area contributed by atoms with Crippen molar-refractivity contribution in [3.63, 3.8) is 0 Å². The maximum absolute atomic E-state index is 3.39. The van der Waals surface area contributed by atoms with Gasteiger partial charge in [0.15, 0.2) is 0 Å². The molecule has 0 saturated carbocycles. The first-order chi connectivity index (χ1) is 8.25. The second-order valence-corrected chi connectivity index (χ2v) is 4.83. The number of nitrogens with one attached hydrogen (secondary N) is 1. The highest BCUT2D eigenvalue weighted by molar-refractivity contribution is 5.69. The minimum Gasteiger partial charge on any atom is -0.309 e. The molecule has 0 unspecified atom stereocenters. The van der Waals surface area contributed by atoms with Crippen LogP contribution >= 0.6 is 0 Å². The summed E-state index contributed by atoms with van der Waals surface area (Å²) in [4.78, 5) is 0. The number of hydrogen-bond donors (Lipinski definition) is 1. The summed E-state index contributed by atoms with van der Waals surface area (Å²) in [5.74, 6) is 0. The molecule has 0 fully saturated rings. The Balaban J connectivity index is 2.13. The highest BCUT2D eigenvalue weighted by Crippen LogP contribution is 2.28. The van der Waals surface area contributed by atoms with Gasteiger partial charge in [0.05, 0.1) is 0 Å². The Morgan fingerprint density at radius 3 is 2.65 bits per heavy atom. The van der Waals surface area contributed by atoms with Gasteiger partial charge in [0.25, 0.3) is 0 Å². The molecule has 0 atom stereocenters. The molecule has 0 saturated heterocycles. The summed E-state index contributed by atoms with van der Waals surface area (Å²) in [6.07, 6.45) is 0. The van der Waals surface area contributed by atoms with Crippen molar-refractivity contribution in [3.8, 4) is 11.1 Å². The first kappa shape index (κ1) is 10.5. The van der Waals surface area contributed by atoms with Crippen LogP contribution in [0.4, 0.5) is 0 Å². The van der Waals surface area contributed by atoms with Crippen molar-refractivity contribution in [2.45, 2.75) is 26.9 Å². The van der Waals surface area contributed by atoms with Gasteiger partial charge in [-0.2, -0.15) is 0 Å². The highest BCUT2D eigenvalue weighted by Gasteiger charge is 2.11. The third kappa shape index (κ3) is 1.77. The van der Waals surface area contributed by atoms with E-state index in [4.69, 9.17) is 0 Å². The Morgan fingerprint density at radius 1 is 0.941 bits per heavy atom. The summed E-state index contributed by atoms with van der Waals surface area (Å²) >= 11 is 0. The number of rotatable bonds is 1. The van der Waals surface area contributed by atoms with E-state index in [0.717, 1.165) is 13.1 Å². The minimum atomic E-state index is 1.01. The van der Waals surface area contributed by atoms with Gasteiger partial charge in [-0.05, 0) is 53.3 Å². The Bertz CT molecular complexity index is 570. The molecule has 0 spiro atoms. The molecule has 1 N–H and O–H groups in total. The van der Waals surface area contributed by atoms with Crippen LogP contribution in [0, 0.1) is 13.8 Å². The molecule has 0 aliphatic carbocycles. The zero-order valence-corrected chi connectivity index (χ0v) is 10.4. The van der Waals surface area contributed by atoms with E-state index < -0.39 is 0 Å². The van der Waals surface area contributed by atoms with Crippen LogP contribution in [0.5, 0.6) is 0 Å². The summed E-state index contributed by atoms with van der Waals surface area (Å²) in [7, 11) is 0. The molecule has 0 amide bonds. The fourth-order valence-electron chi connectivity index (χ4n) is 2.53. The summed E-state index contributed by atoms with van der Waals surface area (Å²) in [5, 5.41) is 3.39. The van der Waals surface area contributed by atoms with E-state index in [9.17, 15) is 0 Å². The average molecular weight is 223 g/mol. The van der Waals surface area contributed by atoms with Gasteiger partial charge in [-0.25, -0.2) is 0 Å². The lowest BCUT2D eigenvalue weighted by atomic mass is 9.95. The first-order valence-corrected chi connectivity index (χ1v) is 6.15. The molecule has 17 heavy (non-hydrogen) atoms. The van der Waals surface area contributed by atoms with Crippen LogP contribution in [-0.2, 0) is 13.1 Å². The molecule has 1 aliphatic heterocycles. The van der Waals surface area contributed by atoms with Gasteiger partial charge in [0.2, 0.25) is 0 Å². The van der Waals surface area contributed by atoms with E-state index in [2.05, 4.69) is 55.6 Å². The largest absolute Gasteiger partial charge is 0.309 e. The summed E-state index contributed by atoms with van der Waals surface area (Å²) in [5.41, 5.74) is 8.34. The molecule has 0 bridgehead atoms. The van der Waals surface area contributed by atoms with E-state index >= 15 is 0 Å². The number of fused-ring (bicyclic) bond motifs is 1. The fourth-order valence-corrected chi connectivity index (χ4v) is 2.53. The molecule has 2 aromatic rings. The van der Waals surface area contributed by atoms with E-state index in [-0.39, 0.29) is 0 Å².